The largest absolute Gasteiger partial charge is 0.0616 e. The predicted octanol–water partition coefficient (Wildman–Crippen LogP) is 7.52. The fraction of sp³-hybridized carbons (Fsp3) is 0.192. The zero-order valence-electron chi connectivity index (χ0n) is 15.2. The first-order valence-corrected chi connectivity index (χ1v) is 9.63. The highest BCUT2D eigenvalue weighted by molar-refractivity contribution is 5.90. The van der Waals surface area contributed by atoms with Gasteiger partial charge < -0.3 is 0 Å². The van der Waals surface area contributed by atoms with Crippen molar-refractivity contribution in [1.82, 2.24) is 0 Å². The number of benzene rings is 4. The van der Waals surface area contributed by atoms with Gasteiger partial charge in [0, 0.05) is 5.92 Å². The molecule has 0 bridgehead atoms. The van der Waals surface area contributed by atoms with Crippen LogP contribution in [0.3, 0.4) is 0 Å². The van der Waals surface area contributed by atoms with Gasteiger partial charge in [0.1, 0.15) is 0 Å². The van der Waals surface area contributed by atoms with Crippen LogP contribution < -0.4 is 0 Å². The van der Waals surface area contributed by atoms with Crippen molar-refractivity contribution in [3.8, 4) is 0 Å². The van der Waals surface area contributed by atoms with Crippen LogP contribution in [0.2, 0.25) is 0 Å². The maximum Gasteiger partial charge on any atom is 0.0102 e. The number of hydrogen-bond acceptors (Lipinski definition) is 0. The van der Waals surface area contributed by atoms with Gasteiger partial charge in [-0.1, -0.05) is 111 Å². The fourth-order valence-electron chi connectivity index (χ4n) is 4.11. The van der Waals surface area contributed by atoms with Gasteiger partial charge in [0.05, 0.1) is 0 Å². The smallest absolute Gasteiger partial charge is 0.0102 e. The average Bonchev–Trinajstić information content (AvgIpc) is 2.71. The molecule has 0 aliphatic rings. The molecule has 4 aromatic carbocycles. The quantitative estimate of drug-likeness (QED) is 0.319. The standard InChI is InChI=1S/C26H25/c1-2-3-4-17-26(24-18-9-13-20-11-5-7-15-22(20)24)25-19-10-14-21-12-6-8-16-23(21)25/h5-16,18-19,26H,1-4,17H2. The molecule has 1 radical (unpaired) electrons. The first-order chi connectivity index (χ1) is 12.9. The molecule has 0 saturated carbocycles. The SMILES string of the molecule is [CH2]CCCCC(c1cccc2ccccc12)c1cccc2ccccc12. The van der Waals surface area contributed by atoms with Crippen molar-refractivity contribution in [2.45, 2.75) is 31.6 Å². The van der Waals surface area contributed by atoms with E-state index in [1.807, 2.05) is 0 Å². The van der Waals surface area contributed by atoms with Gasteiger partial charge in [-0.05, 0) is 39.1 Å². The molecule has 0 N–H and O–H groups in total. The van der Waals surface area contributed by atoms with E-state index in [1.165, 1.54) is 45.5 Å². The molecule has 0 unspecified atom stereocenters. The number of hydrogen-bond donors (Lipinski definition) is 0. The van der Waals surface area contributed by atoms with Gasteiger partial charge in [0.15, 0.2) is 0 Å². The molecule has 4 rings (SSSR count). The Balaban J connectivity index is 1.89. The predicted molar refractivity (Wildman–Crippen MR) is 114 cm³/mol. The summed E-state index contributed by atoms with van der Waals surface area (Å²) in [6.45, 7) is 4.03. The molecule has 0 saturated heterocycles. The van der Waals surface area contributed by atoms with Crippen molar-refractivity contribution in [2.75, 3.05) is 0 Å². The molecule has 0 heteroatoms. The van der Waals surface area contributed by atoms with Gasteiger partial charge in [-0.25, -0.2) is 0 Å². The average molecular weight is 337 g/mol. The van der Waals surface area contributed by atoms with E-state index in [0.717, 1.165) is 12.8 Å². The van der Waals surface area contributed by atoms with Gasteiger partial charge in [0.2, 0.25) is 0 Å². The van der Waals surface area contributed by atoms with Gasteiger partial charge in [-0.15, -0.1) is 0 Å². The molecular formula is C26H25. The van der Waals surface area contributed by atoms with Gasteiger partial charge in [0.25, 0.3) is 0 Å². The van der Waals surface area contributed by atoms with Crippen molar-refractivity contribution in [3.05, 3.63) is 103 Å². The Kier molecular flexibility index (Phi) is 5.02. The highest BCUT2D eigenvalue weighted by Gasteiger charge is 2.18. The molecule has 0 aliphatic carbocycles. The van der Waals surface area contributed by atoms with Gasteiger partial charge in [-0.3, -0.25) is 0 Å². The Labute approximate surface area is 156 Å². The summed E-state index contributed by atoms with van der Waals surface area (Å²) in [6, 6.07) is 31.0. The minimum Gasteiger partial charge on any atom is -0.0616 e. The molecular weight excluding hydrogens is 312 g/mol. The van der Waals surface area contributed by atoms with E-state index in [-0.39, 0.29) is 0 Å². The van der Waals surface area contributed by atoms with Crippen molar-refractivity contribution >= 4 is 21.5 Å². The highest BCUT2D eigenvalue weighted by Crippen LogP contribution is 2.37. The summed E-state index contributed by atoms with van der Waals surface area (Å²) in [5.74, 6) is 0.416. The van der Waals surface area contributed by atoms with Gasteiger partial charge in [-0.2, -0.15) is 0 Å². The van der Waals surface area contributed by atoms with Crippen LogP contribution in [-0.2, 0) is 0 Å². The lowest BCUT2D eigenvalue weighted by molar-refractivity contribution is 0.635. The lowest BCUT2D eigenvalue weighted by atomic mass is 9.82. The summed E-state index contributed by atoms with van der Waals surface area (Å²) in [5.41, 5.74) is 2.90. The summed E-state index contributed by atoms with van der Waals surface area (Å²) in [4.78, 5) is 0. The zero-order valence-corrected chi connectivity index (χ0v) is 15.2. The lowest BCUT2D eigenvalue weighted by Crippen LogP contribution is -2.03. The maximum atomic E-state index is 4.03. The molecule has 4 aromatic rings. The third-order valence-corrected chi connectivity index (χ3v) is 5.39. The summed E-state index contributed by atoms with van der Waals surface area (Å²) in [6.07, 6.45) is 4.57. The van der Waals surface area contributed by atoms with Crippen molar-refractivity contribution < 1.29 is 0 Å². The molecule has 0 heterocycles. The van der Waals surface area contributed by atoms with Gasteiger partial charge >= 0.3 is 0 Å². The van der Waals surface area contributed by atoms with E-state index < -0.39 is 0 Å². The molecule has 0 amide bonds. The number of rotatable bonds is 6. The molecule has 129 valence electrons. The molecule has 0 spiro atoms. The lowest BCUT2D eigenvalue weighted by Gasteiger charge is -2.22. The Morgan fingerprint density at radius 2 is 1.08 bits per heavy atom. The number of unbranched alkanes of at least 4 members (excludes halogenated alkanes) is 2. The Morgan fingerprint density at radius 1 is 0.577 bits per heavy atom. The van der Waals surface area contributed by atoms with E-state index >= 15 is 0 Å². The monoisotopic (exact) mass is 337 g/mol. The van der Waals surface area contributed by atoms with Crippen molar-refractivity contribution in [2.24, 2.45) is 0 Å². The molecule has 0 atom stereocenters. The minimum absolute atomic E-state index is 0.416. The van der Waals surface area contributed by atoms with Crippen LogP contribution in [0, 0.1) is 6.92 Å². The first kappa shape index (κ1) is 16.8. The van der Waals surface area contributed by atoms with Crippen LogP contribution in [0.15, 0.2) is 84.9 Å². The van der Waals surface area contributed by atoms with E-state index in [2.05, 4.69) is 91.9 Å². The van der Waals surface area contributed by atoms with Crippen molar-refractivity contribution in [1.29, 1.82) is 0 Å². The fourth-order valence-corrected chi connectivity index (χ4v) is 4.11. The highest BCUT2D eigenvalue weighted by atomic mass is 14.2. The van der Waals surface area contributed by atoms with E-state index in [0.29, 0.717) is 5.92 Å². The van der Waals surface area contributed by atoms with E-state index in [9.17, 15) is 0 Å². The summed E-state index contributed by atoms with van der Waals surface area (Å²) >= 11 is 0. The zero-order chi connectivity index (χ0) is 17.8. The van der Waals surface area contributed by atoms with Crippen LogP contribution in [0.4, 0.5) is 0 Å². The topological polar surface area (TPSA) is 0 Å². The van der Waals surface area contributed by atoms with Crippen LogP contribution in [0.5, 0.6) is 0 Å². The Morgan fingerprint density at radius 3 is 1.62 bits per heavy atom. The Hall–Kier alpha value is -2.60. The van der Waals surface area contributed by atoms with E-state index in [4.69, 9.17) is 0 Å². The summed E-state index contributed by atoms with van der Waals surface area (Å²) in [7, 11) is 0. The third-order valence-electron chi connectivity index (χ3n) is 5.39. The first-order valence-electron chi connectivity index (χ1n) is 9.63. The molecule has 0 nitrogen and oxygen atoms in total. The van der Waals surface area contributed by atoms with E-state index in [1.54, 1.807) is 0 Å². The van der Waals surface area contributed by atoms with Crippen LogP contribution in [-0.4, -0.2) is 0 Å². The maximum absolute atomic E-state index is 4.03. The number of fused-ring (bicyclic) bond motifs is 2. The third kappa shape index (κ3) is 3.24. The molecule has 0 aromatic heterocycles. The molecule has 26 heavy (non-hydrogen) atoms. The normalized spacial score (nSPS) is 11.5. The summed E-state index contributed by atoms with van der Waals surface area (Å²) in [5, 5.41) is 5.41. The second-order valence-electron chi connectivity index (χ2n) is 7.04. The Bertz CT molecular complexity index is 923. The second kappa shape index (κ2) is 7.74. The molecule has 0 fully saturated rings. The van der Waals surface area contributed by atoms with Crippen LogP contribution in [0.25, 0.3) is 21.5 Å². The minimum atomic E-state index is 0.416. The van der Waals surface area contributed by atoms with Crippen LogP contribution in [0.1, 0.15) is 42.7 Å². The molecule has 0 aliphatic heterocycles. The van der Waals surface area contributed by atoms with Crippen molar-refractivity contribution in [3.63, 3.8) is 0 Å². The van der Waals surface area contributed by atoms with Crippen LogP contribution >= 0.6 is 0 Å². The summed E-state index contributed by atoms with van der Waals surface area (Å²) < 4.78 is 0. The second-order valence-corrected chi connectivity index (χ2v) is 7.04.